The zero-order valence-electron chi connectivity index (χ0n) is 16.0. The minimum absolute atomic E-state index is 0.0204. The first kappa shape index (κ1) is 20.8. The molecule has 2 amide bonds. The van der Waals surface area contributed by atoms with Crippen molar-refractivity contribution in [3.8, 4) is 0 Å². The molecule has 1 fully saturated rings. The normalized spacial score (nSPS) is 24.2. The summed E-state index contributed by atoms with van der Waals surface area (Å²) in [5.74, 6) is 1.40. The highest BCUT2D eigenvalue weighted by molar-refractivity contribution is 9.10. The van der Waals surface area contributed by atoms with Crippen LogP contribution in [0.25, 0.3) is 0 Å². The molecule has 2 N–H and O–H groups in total. The van der Waals surface area contributed by atoms with Crippen molar-refractivity contribution in [2.45, 2.75) is 52.1 Å². The molecular weight excluding hydrogens is 396 g/mol. The number of hydrogen-bond donors (Lipinski definition) is 2. The first-order valence-corrected chi connectivity index (χ1v) is 9.99. The molecule has 0 aromatic carbocycles. The molecule has 1 aliphatic carbocycles. The van der Waals surface area contributed by atoms with E-state index in [1.807, 2.05) is 13.0 Å². The van der Waals surface area contributed by atoms with Crippen LogP contribution < -0.4 is 10.6 Å². The number of halogens is 1. The van der Waals surface area contributed by atoms with E-state index in [2.05, 4.69) is 45.4 Å². The molecule has 0 bridgehead atoms. The standard InChI is InChI=1S/C19H29BrN4O2/c1-12-6-5-7-16(13(12)2)22-19(26)14(3)24(4)11-18(25)23-17-9-8-15(20)10-21-17/h8-10,12-14,16H,5-7,11H2,1-4H3,(H,22,26)(H,21,23,25). The Morgan fingerprint density at radius 3 is 2.73 bits per heavy atom. The van der Waals surface area contributed by atoms with Gasteiger partial charge >= 0.3 is 0 Å². The van der Waals surface area contributed by atoms with Gasteiger partial charge in [0.25, 0.3) is 0 Å². The summed E-state index contributed by atoms with van der Waals surface area (Å²) in [6.07, 6.45) is 5.04. The van der Waals surface area contributed by atoms with Gasteiger partial charge in [-0.15, -0.1) is 0 Å². The molecule has 0 saturated heterocycles. The molecule has 1 aliphatic rings. The lowest BCUT2D eigenvalue weighted by Crippen LogP contribution is -2.51. The topological polar surface area (TPSA) is 74.3 Å². The summed E-state index contributed by atoms with van der Waals surface area (Å²) in [5, 5.41) is 5.92. The predicted molar refractivity (Wildman–Crippen MR) is 107 cm³/mol. The number of carbonyl (C=O) groups excluding carboxylic acids is 2. The van der Waals surface area contributed by atoms with E-state index in [0.717, 1.165) is 17.3 Å². The fourth-order valence-electron chi connectivity index (χ4n) is 3.28. The molecule has 6 nitrogen and oxygen atoms in total. The number of likely N-dealkylation sites (N-methyl/N-ethyl adjacent to an activating group) is 1. The van der Waals surface area contributed by atoms with E-state index in [1.165, 1.54) is 6.42 Å². The Labute approximate surface area is 164 Å². The number of aromatic nitrogens is 1. The molecule has 0 radical (unpaired) electrons. The lowest BCUT2D eigenvalue weighted by molar-refractivity contribution is -0.127. The number of amides is 2. The van der Waals surface area contributed by atoms with Gasteiger partial charge in [0.1, 0.15) is 5.82 Å². The van der Waals surface area contributed by atoms with Crippen LogP contribution in [0.3, 0.4) is 0 Å². The van der Waals surface area contributed by atoms with Gasteiger partial charge in [0.2, 0.25) is 11.8 Å². The van der Waals surface area contributed by atoms with Crippen molar-refractivity contribution in [1.29, 1.82) is 0 Å². The fourth-order valence-corrected chi connectivity index (χ4v) is 3.52. The first-order valence-electron chi connectivity index (χ1n) is 9.20. The van der Waals surface area contributed by atoms with Crippen LogP contribution >= 0.6 is 15.9 Å². The summed E-state index contributed by atoms with van der Waals surface area (Å²) in [6, 6.07) is 3.39. The van der Waals surface area contributed by atoms with E-state index in [0.29, 0.717) is 17.7 Å². The molecule has 2 rings (SSSR count). The molecule has 0 aliphatic heterocycles. The van der Waals surface area contributed by atoms with E-state index in [4.69, 9.17) is 0 Å². The molecule has 1 saturated carbocycles. The molecule has 4 atom stereocenters. The number of carbonyl (C=O) groups is 2. The van der Waals surface area contributed by atoms with Gasteiger partial charge in [0.05, 0.1) is 12.6 Å². The third-order valence-electron chi connectivity index (χ3n) is 5.46. The highest BCUT2D eigenvalue weighted by Gasteiger charge is 2.30. The number of pyridine rings is 1. The van der Waals surface area contributed by atoms with Gasteiger partial charge in [-0.25, -0.2) is 4.98 Å². The molecule has 0 spiro atoms. The highest BCUT2D eigenvalue weighted by Crippen LogP contribution is 2.29. The van der Waals surface area contributed by atoms with Crippen molar-refractivity contribution >= 4 is 33.6 Å². The first-order chi connectivity index (χ1) is 12.3. The van der Waals surface area contributed by atoms with Gasteiger partial charge in [0.15, 0.2) is 0 Å². The van der Waals surface area contributed by atoms with Crippen LogP contribution in [0.2, 0.25) is 0 Å². The number of hydrogen-bond acceptors (Lipinski definition) is 4. The van der Waals surface area contributed by atoms with Crippen LogP contribution in [0.1, 0.15) is 40.0 Å². The highest BCUT2D eigenvalue weighted by atomic mass is 79.9. The van der Waals surface area contributed by atoms with Crippen molar-refractivity contribution < 1.29 is 9.59 Å². The van der Waals surface area contributed by atoms with Gasteiger partial charge in [-0.05, 0) is 60.3 Å². The molecule has 1 heterocycles. The van der Waals surface area contributed by atoms with Crippen molar-refractivity contribution in [3.05, 3.63) is 22.8 Å². The number of anilines is 1. The quantitative estimate of drug-likeness (QED) is 0.735. The van der Waals surface area contributed by atoms with Gasteiger partial charge in [-0.3, -0.25) is 14.5 Å². The molecule has 7 heteroatoms. The van der Waals surface area contributed by atoms with Crippen LogP contribution in [-0.2, 0) is 9.59 Å². The minimum atomic E-state index is -0.372. The van der Waals surface area contributed by atoms with E-state index >= 15 is 0 Å². The fraction of sp³-hybridized carbons (Fsp3) is 0.632. The van der Waals surface area contributed by atoms with Crippen LogP contribution in [0.15, 0.2) is 22.8 Å². The van der Waals surface area contributed by atoms with Crippen molar-refractivity contribution in [2.24, 2.45) is 11.8 Å². The monoisotopic (exact) mass is 424 g/mol. The SMILES string of the molecule is CC1CCCC(NC(=O)C(C)N(C)CC(=O)Nc2ccc(Br)cn2)C1C. The summed E-state index contributed by atoms with van der Waals surface area (Å²) in [7, 11) is 1.78. The lowest BCUT2D eigenvalue weighted by Gasteiger charge is -2.36. The molecule has 1 aromatic heterocycles. The average molecular weight is 425 g/mol. The van der Waals surface area contributed by atoms with Gasteiger partial charge in [0, 0.05) is 16.7 Å². The summed E-state index contributed by atoms with van der Waals surface area (Å²) >= 11 is 3.31. The van der Waals surface area contributed by atoms with E-state index in [-0.39, 0.29) is 30.4 Å². The summed E-state index contributed by atoms with van der Waals surface area (Å²) in [5.41, 5.74) is 0. The smallest absolute Gasteiger partial charge is 0.239 e. The zero-order valence-corrected chi connectivity index (χ0v) is 17.5. The number of nitrogens with zero attached hydrogens (tertiary/aromatic N) is 2. The third-order valence-corrected chi connectivity index (χ3v) is 5.93. The molecule has 4 unspecified atom stereocenters. The van der Waals surface area contributed by atoms with E-state index < -0.39 is 0 Å². The summed E-state index contributed by atoms with van der Waals surface area (Å²) < 4.78 is 0.851. The van der Waals surface area contributed by atoms with E-state index in [1.54, 1.807) is 24.2 Å². The average Bonchev–Trinajstić information content (AvgIpc) is 2.60. The van der Waals surface area contributed by atoms with Gasteiger partial charge < -0.3 is 10.6 Å². The lowest BCUT2D eigenvalue weighted by atomic mass is 9.78. The largest absolute Gasteiger partial charge is 0.352 e. The maximum atomic E-state index is 12.6. The molecule has 1 aromatic rings. The number of rotatable bonds is 6. The van der Waals surface area contributed by atoms with Crippen molar-refractivity contribution in [2.75, 3.05) is 18.9 Å². The third kappa shape index (κ3) is 5.77. The Morgan fingerprint density at radius 1 is 1.35 bits per heavy atom. The summed E-state index contributed by atoms with van der Waals surface area (Å²) in [6.45, 7) is 6.42. The minimum Gasteiger partial charge on any atom is -0.352 e. The molecular formula is C19H29BrN4O2. The van der Waals surface area contributed by atoms with Crippen LogP contribution in [0.4, 0.5) is 5.82 Å². The maximum absolute atomic E-state index is 12.6. The second kappa shape index (κ2) is 9.46. The van der Waals surface area contributed by atoms with Crippen molar-refractivity contribution in [3.63, 3.8) is 0 Å². The van der Waals surface area contributed by atoms with Crippen LogP contribution in [-0.4, -0.2) is 47.4 Å². The van der Waals surface area contributed by atoms with Gasteiger partial charge in [-0.2, -0.15) is 0 Å². The predicted octanol–water partition coefficient (Wildman–Crippen LogP) is 3.04. The maximum Gasteiger partial charge on any atom is 0.239 e. The zero-order chi connectivity index (χ0) is 19.3. The Kier molecular flexibility index (Phi) is 7.58. The second-order valence-corrected chi connectivity index (χ2v) is 8.30. The summed E-state index contributed by atoms with van der Waals surface area (Å²) in [4.78, 5) is 30.6. The van der Waals surface area contributed by atoms with Gasteiger partial charge in [-0.1, -0.05) is 26.7 Å². The van der Waals surface area contributed by atoms with Crippen molar-refractivity contribution in [1.82, 2.24) is 15.2 Å². The van der Waals surface area contributed by atoms with Crippen LogP contribution in [0, 0.1) is 11.8 Å². The van der Waals surface area contributed by atoms with Crippen LogP contribution in [0.5, 0.6) is 0 Å². The molecule has 144 valence electrons. The van der Waals surface area contributed by atoms with E-state index in [9.17, 15) is 9.59 Å². The Bertz CT molecular complexity index is 622. The molecule has 26 heavy (non-hydrogen) atoms. The second-order valence-electron chi connectivity index (χ2n) is 7.38. The Balaban J connectivity index is 1.83. The number of nitrogens with one attached hydrogen (secondary N) is 2. The Morgan fingerprint density at radius 2 is 2.08 bits per heavy atom. The Hall–Kier alpha value is -1.47.